The lowest BCUT2D eigenvalue weighted by atomic mass is 10.1. The highest BCUT2D eigenvalue weighted by atomic mass is 16.5. The van der Waals surface area contributed by atoms with Crippen molar-refractivity contribution in [2.24, 2.45) is 0 Å². The summed E-state index contributed by atoms with van der Waals surface area (Å²) in [5.74, 6) is -0.913. The first-order valence-corrected chi connectivity index (χ1v) is 8.85. The Bertz CT molecular complexity index is 1250. The van der Waals surface area contributed by atoms with Crippen molar-refractivity contribution < 1.29 is 19.7 Å². The van der Waals surface area contributed by atoms with E-state index >= 15 is 0 Å². The summed E-state index contributed by atoms with van der Waals surface area (Å²) < 4.78 is 7.62. The molecule has 6 nitrogen and oxygen atoms in total. The van der Waals surface area contributed by atoms with Crippen molar-refractivity contribution in [3.05, 3.63) is 89.6 Å². The molecule has 0 fully saturated rings. The zero-order valence-electron chi connectivity index (χ0n) is 15.2. The molecule has 0 saturated heterocycles. The minimum Gasteiger partial charge on any atom is -0.507 e. The van der Waals surface area contributed by atoms with Gasteiger partial charge in [0.15, 0.2) is 0 Å². The molecule has 0 saturated carbocycles. The van der Waals surface area contributed by atoms with Gasteiger partial charge >= 0.3 is 5.97 Å². The number of aromatic hydroxyl groups is 1. The fourth-order valence-corrected chi connectivity index (χ4v) is 3.19. The second-order valence-corrected chi connectivity index (χ2v) is 6.48. The molecule has 3 aromatic carbocycles. The van der Waals surface area contributed by atoms with Crippen molar-refractivity contribution in [1.29, 1.82) is 5.26 Å². The molecular weight excluding hydrogens is 368 g/mol. The summed E-state index contributed by atoms with van der Waals surface area (Å²) in [6, 6.07) is 21.7. The quantitative estimate of drug-likeness (QED) is 0.529. The number of phenols is 1. The molecule has 0 atom stereocenters. The van der Waals surface area contributed by atoms with E-state index in [1.54, 1.807) is 22.9 Å². The number of ether oxygens (including phenoxy) is 1. The van der Waals surface area contributed by atoms with E-state index in [0.717, 1.165) is 16.5 Å². The maximum absolute atomic E-state index is 11.1. The van der Waals surface area contributed by atoms with E-state index in [-0.39, 0.29) is 11.3 Å². The Balaban J connectivity index is 1.75. The molecule has 4 rings (SSSR count). The number of nitriles is 1. The van der Waals surface area contributed by atoms with Gasteiger partial charge in [0.1, 0.15) is 29.7 Å². The summed E-state index contributed by atoms with van der Waals surface area (Å²) in [5.41, 5.74) is 2.58. The SMILES string of the molecule is N#Cc1cn(-c2ccc(C(=O)O)c(O)c2)c2cc(OCc3ccccc3)ccc12. The number of carboxylic acids is 1. The van der Waals surface area contributed by atoms with Crippen molar-refractivity contribution in [2.45, 2.75) is 6.61 Å². The molecule has 0 aliphatic heterocycles. The Kier molecular flexibility index (Phi) is 4.63. The third kappa shape index (κ3) is 3.49. The molecule has 0 bridgehead atoms. The number of fused-ring (bicyclic) bond motifs is 1. The molecule has 29 heavy (non-hydrogen) atoms. The Morgan fingerprint density at radius 3 is 2.55 bits per heavy atom. The van der Waals surface area contributed by atoms with Gasteiger partial charge in [-0.3, -0.25) is 0 Å². The zero-order chi connectivity index (χ0) is 20.4. The topological polar surface area (TPSA) is 95.5 Å². The second kappa shape index (κ2) is 7.41. The molecule has 1 aromatic heterocycles. The molecule has 0 aliphatic rings. The highest BCUT2D eigenvalue weighted by Gasteiger charge is 2.14. The minimum absolute atomic E-state index is 0.183. The summed E-state index contributed by atoms with van der Waals surface area (Å²) in [6.45, 7) is 0.409. The molecule has 0 unspecified atom stereocenters. The van der Waals surface area contributed by atoms with Gasteiger partial charge in [-0.05, 0) is 29.8 Å². The normalized spacial score (nSPS) is 10.6. The minimum atomic E-state index is -1.21. The highest BCUT2D eigenvalue weighted by Crippen LogP contribution is 2.30. The average Bonchev–Trinajstić information content (AvgIpc) is 3.10. The van der Waals surface area contributed by atoms with E-state index in [1.165, 1.54) is 12.1 Å². The number of carbonyl (C=O) groups is 1. The van der Waals surface area contributed by atoms with Crippen LogP contribution in [-0.4, -0.2) is 20.7 Å². The molecule has 6 heteroatoms. The van der Waals surface area contributed by atoms with Crippen molar-refractivity contribution >= 4 is 16.9 Å². The third-order valence-corrected chi connectivity index (χ3v) is 4.64. The van der Waals surface area contributed by atoms with Crippen molar-refractivity contribution in [3.8, 4) is 23.3 Å². The lowest BCUT2D eigenvalue weighted by Crippen LogP contribution is -1.99. The molecule has 1 heterocycles. The van der Waals surface area contributed by atoms with Gasteiger partial charge in [-0.15, -0.1) is 0 Å². The maximum Gasteiger partial charge on any atom is 0.339 e. The fraction of sp³-hybridized carbons (Fsp3) is 0.0435. The van der Waals surface area contributed by atoms with Crippen LogP contribution in [-0.2, 0) is 6.61 Å². The summed E-state index contributed by atoms with van der Waals surface area (Å²) in [4.78, 5) is 11.1. The van der Waals surface area contributed by atoms with Crippen LogP contribution in [0.3, 0.4) is 0 Å². The van der Waals surface area contributed by atoms with E-state index < -0.39 is 5.97 Å². The molecule has 0 spiro atoms. The highest BCUT2D eigenvalue weighted by molar-refractivity contribution is 5.92. The molecule has 0 aliphatic carbocycles. The number of aromatic carboxylic acids is 1. The summed E-state index contributed by atoms with van der Waals surface area (Å²) in [5, 5.41) is 29.3. The number of hydrogen-bond donors (Lipinski definition) is 2. The number of nitrogens with zero attached hydrogens (tertiary/aromatic N) is 2. The van der Waals surface area contributed by atoms with Crippen molar-refractivity contribution in [2.75, 3.05) is 0 Å². The molecule has 4 aromatic rings. The van der Waals surface area contributed by atoms with Crippen LogP contribution in [0.1, 0.15) is 21.5 Å². The van der Waals surface area contributed by atoms with Crippen LogP contribution < -0.4 is 4.74 Å². The van der Waals surface area contributed by atoms with Gasteiger partial charge in [0.2, 0.25) is 0 Å². The van der Waals surface area contributed by atoms with E-state index in [2.05, 4.69) is 6.07 Å². The maximum atomic E-state index is 11.1. The number of rotatable bonds is 5. The number of aromatic nitrogens is 1. The van der Waals surface area contributed by atoms with Crippen LogP contribution in [0.4, 0.5) is 0 Å². The van der Waals surface area contributed by atoms with Crippen LogP contribution in [0.15, 0.2) is 72.9 Å². The van der Waals surface area contributed by atoms with E-state index in [9.17, 15) is 15.2 Å². The van der Waals surface area contributed by atoms with Crippen LogP contribution in [0.25, 0.3) is 16.6 Å². The Morgan fingerprint density at radius 1 is 1.07 bits per heavy atom. The third-order valence-electron chi connectivity index (χ3n) is 4.64. The molecule has 0 radical (unpaired) electrons. The van der Waals surface area contributed by atoms with Crippen LogP contribution in [0, 0.1) is 11.3 Å². The van der Waals surface area contributed by atoms with Crippen molar-refractivity contribution in [1.82, 2.24) is 4.57 Å². The molecule has 2 N–H and O–H groups in total. The van der Waals surface area contributed by atoms with Gasteiger partial charge in [-0.2, -0.15) is 5.26 Å². The first-order chi connectivity index (χ1) is 14.1. The Morgan fingerprint density at radius 2 is 1.86 bits per heavy atom. The molecule has 0 amide bonds. The summed E-state index contributed by atoms with van der Waals surface area (Å²) in [7, 11) is 0. The average molecular weight is 384 g/mol. The van der Waals surface area contributed by atoms with E-state index in [1.807, 2.05) is 42.5 Å². The van der Waals surface area contributed by atoms with Gasteiger partial charge in [0.25, 0.3) is 0 Å². The largest absolute Gasteiger partial charge is 0.507 e. The van der Waals surface area contributed by atoms with Crippen LogP contribution >= 0.6 is 0 Å². The Hall–Kier alpha value is -4.24. The van der Waals surface area contributed by atoms with Gasteiger partial charge in [-0.1, -0.05) is 30.3 Å². The second-order valence-electron chi connectivity index (χ2n) is 6.48. The van der Waals surface area contributed by atoms with Gasteiger partial charge in [0, 0.05) is 29.4 Å². The van der Waals surface area contributed by atoms with E-state index in [0.29, 0.717) is 23.6 Å². The number of carboxylic acid groups (broad SMARTS) is 1. The van der Waals surface area contributed by atoms with Gasteiger partial charge < -0.3 is 19.5 Å². The Labute approximate surface area is 166 Å². The predicted molar refractivity (Wildman–Crippen MR) is 107 cm³/mol. The smallest absolute Gasteiger partial charge is 0.339 e. The first kappa shape index (κ1) is 18.1. The predicted octanol–water partition coefficient (Wildman–Crippen LogP) is 4.48. The standard InChI is InChI=1S/C23H16N2O4/c24-12-16-13-25(17-6-8-20(23(27)28)22(26)10-17)21-11-18(7-9-19(16)21)29-14-15-4-2-1-3-5-15/h1-11,13,26H,14H2,(H,27,28). The van der Waals surface area contributed by atoms with Gasteiger partial charge in [0.05, 0.1) is 11.1 Å². The first-order valence-electron chi connectivity index (χ1n) is 8.85. The fourth-order valence-electron chi connectivity index (χ4n) is 3.19. The zero-order valence-corrected chi connectivity index (χ0v) is 15.2. The lowest BCUT2D eigenvalue weighted by molar-refractivity contribution is 0.0693. The lowest BCUT2D eigenvalue weighted by Gasteiger charge is -2.10. The van der Waals surface area contributed by atoms with Crippen LogP contribution in [0.5, 0.6) is 11.5 Å². The summed E-state index contributed by atoms with van der Waals surface area (Å²) in [6.07, 6.45) is 1.65. The number of benzene rings is 3. The van der Waals surface area contributed by atoms with Crippen molar-refractivity contribution in [3.63, 3.8) is 0 Å². The molecular formula is C23H16N2O4. The molecule has 142 valence electrons. The monoisotopic (exact) mass is 384 g/mol. The van der Waals surface area contributed by atoms with Crippen LogP contribution in [0.2, 0.25) is 0 Å². The number of hydrogen-bond acceptors (Lipinski definition) is 4. The van der Waals surface area contributed by atoms with Gasteiger partial charge in [-0.25, -0.2) is 4.79 Å². The van der Waals surface area contributed by atoms with E-state index in [4.69, 9.17) is 9.84 Å². The summed E-state index contributed by atoms with van der Waals surface area (Å²) >= 11 is 0.